The Kier molecular flexibility index (Phi) is 6.70. The second-order valence-electron chi connectivity index (χ2n) is 8.10. The standard InChI is InChI=1S/C24H35N/c1-8-9-19-14-20(10-12-22(19)16(2)3)25-21-11-13-23(17(4)5)24(15-21)18(6)7/h10-18,25H,8-9H2,1-7H3. The van der Waals surface area contributed by atoms with Crippen LogP contribution in [0.3, 0.4) is 0 Å². The normalized spacial score (nSPS) is 11.6. The third kappa shape index (κ3) is 4.87. The minimum Gasteiger partial charge on any atom is -0.356 e. The summed E-state index contributed by atoms with van der Waals surface area (Å²) < 4.78 is 0. The second kappa shape index (κ2) is 8.56. The highest BCUT2D eigenvalue weighted by Gasteiger charge is 2.12. The first kappa shape index (κ1) is 19.6. The number of hydrogen-bond donors (Lipinski definition) is 1. The molecule has 0 fully saturated rings. The number of aryl methyl sites for hydroxylation is 1. The van der Waals surface area contributed by atoms with E-state index in [1.165, 1.54) is 40.0 Å². The molecule has 0 amide bonds. The van der Waals surface area contributed by atoms with Gasteiger partial charge < -0.3 is 5.32 Å². The molecule has 0 bridgehead atoms. The molecule has 0 aliphatic carbocycles. The topological polar surface area (TPSA) is 12.0 Å². The zero-order valence-corrected chi connectivity index (χ0v) is 17.1. The van der Waals surface area contributed by atoms with Crippen molar-refractivity contribution in [2.24, 2.45) is 0 Å². The van der Waals surface area contributed by atoms with Gasteiger partial charge in [-0.3, -0.25) is 0 Å². The van der Waals surface area contributed by atoms with Crippen LogP contribution in [0.2, 0.25) is 0 Å². The van der Waals surface area contributed by atoms with Crippen molar-refractivity contribution in [1.82, 2.24) is 0 Å². The summed E-state index contributed by atoms with van der Waals surface area (Å²) in [4.78, 5) is 0. The molecule has 0 radical (unpaired) electrons. The molecule has 1 N–H and O–H groups in total. The summed E-state index contributed by atoms with van der Waals surface area (Å²) >= 11 is 0. The number of benzene rings is 2. The van der Waals surface area contributed by atoms with E-state index in [2.05, 4.69) is 90.2 Å². The van der Waals surface area contributed by atoms with E-state index in [1.54, 1.807) is 0 Å². The third-order valence-corrected chi connectivity index (χ3v) is 4.90. The van der Waals surface area contributed by atoms with E-state index >= 15 is 0 Å². The van der Waals surface area contributed by atoms with E-state index in [9.17, 15) is 0 Å². The van der Waals surface area contributed by atoms with Gasteiger partial charge in [0.05, 0.1) is 0 Å². The van der Waals surface area contributed by atoms with Gasteiger partial charge in [0.2, 0.25) is 0 Å². The molecular formula is C24H35N. The Morgan fingerprint density at radius 1 is 0.680 bits per heavy atom. The van der Waals surface area contributed by atoms with Crippen molar-refractivity contribution >= 4 is 11.4 Å². The molecule has 0 aliphatic heterocycles. The van der Waals surface area contributed by atoms with E-state index in [-0.39, 0.29) is 0 Å². The van der Waals surface area contributed by atoms with Crippen molar-refractivity contribution in [3.8, 4) is 0 Å². The van der Waals surface area contributed by atoms with Crippen molar-refractivity contribution in [1.29, 1.82) is 0 Å². The van der Waals surface area contributed by atoms with Crippen molar-refractivity contribution in [3.63, 3.8) is 0 Å². The van der Waals surface area contributed by atoms with E-state index in [4.69, 9.17) is 0 Å². The SMILES string of the molecule is CCCc1cc(Nc2ccc(C(C)C)c(C(C)C)c2)ccc1C(C)C. The van der Waals surface area contributed by atoms with Gasteiger partial charge in [0.25, 0.3) is 0 Å². The maximum atomic E-state index is 3.63. The van der Waals surface area contributed by atoms with Crippen LogP contribution >= 0.6 is 0 Å². The molecule has 0 atom stereocenters. The van der Waals surface area contributed by atoms with E-state index in [0.29, 0.717) is 17.8 Å². The lowest BCUT2D eigenvalue weighted by atomic mass is 9.90. The molecule has 0 aliphatic rings. The van der Waals surface area contributed by atoms with Gasteiger partial charge in [0.15, 0.2) is 0 Å². The lowest BCUT2D eigenvalue weighted by molar-refractivity contribution is 0.791. The molecule has 2 rings (SSSR count). The first-order valence-corrected chi connectivity index (χ1v) is 9.87. The van der Waals surface area contributed by atoms with Gasteiger partial charge in [0.1, 0.15) is 0 Å². The van der Waals surface area contributed by atoms with Crippen molar-refractivity contribution in [2.75, 3.05) is 5.32 Å². The predicted octanol–water partition coefficient (Wildman–Crippen LogP) is 7.75. The van der Waals surface area contributed by atoms with Crippen molar-refractivity contribution in [2.45, 2.75) is 79.1 Å². The van der Waals surface area contributed by atoms with Gasteiger partial charge in [-0.2, -0.15) is 0 Å². The van der Waals surface area contributed by atoms with Crippen LogP contribution in [0, 0.1) is 0 Å². The molecule has 0 saturated heterocycles. The Labute approximate surface area is 154 Å². The zero-order valence-electron chi connectivity index (χ0n) is 17.1. The summed E-state index contributed by atoms with van der Waals surface area (Å²) in [6, 6.07) is 13.7. The highest BCUT2D eigenvalue weighted by atomic mass is 14.9. The van der Waals surface area contributed by atoms with Gasteiger partial charge in [-0.05, 0) is 70.7 Å². The summed E-state index contributed by atoms with van der Waals surface area (Å²) in [6.45, 7) is 15.9. The Balaban J connectivity index is 2.33. The Hall–Kier alpha value is -1.76. The number of rotatable bonds is 7. The first-order valence-electron chi connectivity index (χ1n) is 9.87. The number of anilines is 2. The fourth-order valence-corrected chi connectivity index (χ4v) is 3.58. The van der Waals surface area contributed by atoms with E-state index in [1.807, 2.05) is 0 Å². The fourth-order valence-electron chi connectivity index (χ4n) is 3.58. The molecule has 1 nitrogen and oxygen atoms in total. The Bertz CT molecular complexity index is 695. The molecule has 2 aromatic rings. The Morgan fingerprint density at radius 2 is 1.20 bits per heavy atom. The highest BCUT2D eigenvalue weighted by Crippen LogP contribution is 2.31. The first-order chi connectivity index (χ1) is 11.8. The molecule has 25 heavy (non-hydrogen) atoms. The fraction of sp³-hybridized carbons (Fsp3) is 0.500. The molecule has 0 spiro atoms. The average molecular weight is 338 g/mol. The maximum Gasteiger partial charge on any atom is 0.0387 e. The summed E-state index contributed by atoms with van der Waals surface area (Å²) in [5.41, 5.74) is 8.25. The summed E-state index contributed by atoms with van der Waals surface area (Å²) in [7, 11) is 0. The van der Waals surface area contributed by atoms with Crippen LogP contribution in [0.5, 0.6) is 0 Å². The predicted molar refractivity (Wildman–Crippen MR) is 112 cm³/mol. The largest absolute Gasteiger partial charge is 0.356 e. The van der Waals surface area contributed by atoms with Crippen LogP contribution in [-0.2, 0) is 6.42 Å². The lowest BCUT2D eigenvalue weighted by Crippen LogP contribution is -2.02. The molecule has 1 heteroatoms. The van der Waals surface area contributed by atoms with Crippen LogP contribution in [0.15, 0.2) is 36.4 Å². The van der Waals surface area contributed by atoms with Crippen LogP contribution in [0.4, 0.5) is 11.4 Å². The van der Waals surface area contributed by atoms with Crippen LogP contribution in [0.25, 0.3) is 0 Å². The summed E-state index contributed by atoms with van der Waals surface area (Å²) in [6.07, 6.45) is 2.33. The van der Waals surface area contributed by atoms with E-state index < -0.39 is 0 Å². The van der Waals surface area contributed by atoms with Gasteiger partial charge in [-0.25, -0.2) is 0 Å². The molecule has 0 unspecified atom stereocenters. The zero-order chi connectivity index (χ0) is 18.6. The van der Waals surface area contributed by atoms with Crippen LogP contribution in [0.1, 0.15) is 94.9 Å². The van der Waals surface area contributed by atoms with Crippen molar-refractivity contribution < 1.29 is 0 Å². The smallest absolute Gasteiger partial charge is 0.0387 e. The maximum absolute atomic E-state index is 3.63. The minimum absolute atomic E-state index is 0.540. The average Bonchev–Trinajstić information content (AvgIpc) is 2.54. The minimum atomic E-state index is 0.540. The molecule has 136 valence electrons. The third-order valence-electron chi connectivity index (χ3n) is 4.90. The quantitative estimate of drug-likeness (QED) is 0.544. The number of hydrogen-bond acceptors (Lipinski definition) is 1. The second-order valence-corrected chi connectivity index (χ2v) is 8.10. The molecular weight excluding hydrogens is 302 g/mol. The van der Waals surface area contributed by atoms with Crippen LogP contribution in [-0.4, -0.2) is 0 Å². The monoisotopic (exact) mass is 337 g/mol. The molecule has 0 heterocycles. The van der Waals surface area contributed by atoms with Gasteiger partial charge in [0, 0.05) is 11.4 Å². The Morgan fingerprint density at radius 3 is 1.72 bits per heavy atom. The van der Waals surface area contributed by atoms with Crippen LogP contribution < -0.4 is 5.32 Å². The van der Waals surface area contributed by atoms with Crippen molar-refractivity contribution in [3.05, 3.63) is 58.7 Å². The van der Waals surface area contributed by atoms with Gasteiger partial charge in [-0.15, -0.1) is 0 Å². The van der Waals surface area contributed by atoms with E-state index in [0.717, 1.165) is 6.42 Å². The summed E-state index contributed by atoms with van der Waals surface area (Å²) in [5.74, 6) is 1.68. The molecule has 0 aromatic heterocycles. The number of nitrogens with one attached hydrogen (secondary N) is 1. The molecule has 2 aromatic carbocycles. The summed E-state index contributed by atoms with van der Waals surface area (Å²) in [5, 5.41) is 3.63. The molecule has 0 saturated carbocycles. The van der Waals surface area contributed by atoms with Gasteiger partial charge in [-0.1, -0.05) is 67.0 Å². The highest BCUT2D eigenvalue weighted by molar-refractivity contribution is 5.63. The lowest BCUT2D eigenvalue weighted by Gasteiger charge is -2.19. The van der Waals surface area contributed by atoms with Gasteiger partial charge >= 0.3 is 0 Å².